The van der Waals surface area contributed by atoms with Gasteiger partial charge in [-0.05, 0) is 79.1 Å². The number of nitrogens with zero attached hydrogens (tertiary/aromatic N) is 3. The van der Waals surface area contributed by atoms with Crippen molar-refractivity contribution in [2.24, 2.45) is 17.8 Å². The number of para-hydroxylation sites is 1. The van der Waals surface area contributed by atoms with Crippen LogP contribution in [0.25, 0.3) is 5.69 Å². The molecule has 4 aromatic rings. The van der Waals surface area contributed by atoms with Gasteiger partial charge in [0, 0.05) is 26.8 Å². The number of aromatic amines is 1. The van der Waals surface area contributed by atoms with Crippen LogP contribution >= 0.6 is 46.9 Å². The van der Waals surface area contributed by atoms with Crippen LogP contribution in [0.2, 0.25) is 5.02 Å². The molecule has 2 fully saturated rings. The average molecular weight is 539 g/mol. The molecular formula is C26H23ClN4OS3. The Kier molecular flexibility index (Phi) is 5.35. The third-order valence-electron chi connectivity index (χ3n) is 7.98. The molecule has 0 saturated heterocycles. The molecule has 1 aliphatic heterocycles. The number of H-pyrrole nitrogens is 1. The molecule has 9 heteroatoms. The summed E-state index contributed by atoms with van der Waals surface area (Å²) in [6.45, 7) is 0.387. The van der Waals surface area contributed by atoms with Crippen molar-refractivity contribution in [2.75, 3.05) is 0 Å². The van der Waals surface area contributed by atoms with E-state index in [-0.39, 0.29) is 10.8 Å². The minimum absolute atomic E-state index is 0.0716. The molecule has 0 amide bonds. The molecule has 2 aromatic carbocycles. The Balaban J connectivity index is 1.35. The Bertz CT molecular complexity index is 1520. The van der Waals surface area contributed by atoms with Gasteiger partial charge in [0.1, 0.15) is 0 Å². The fraction of sp³-hybridized carbons (Fsp3) is 0.346. The Morgan fingerprint density at radius 3 is 2.66 bits per heavy atom. The molecule has 2 saturated carbocycles. The van der Waals surface area contributed by atoms with Crippen molar-refractivity contribution < 1.29 is 0 Å². The maximum atomic E-state index is 13.5. The van der Waals surface area contributed by atoms with Crippen LogP contribution in [0.15, 0.2) is 64.4 Å². The SMILES string of the molecule is O=c1sc2c(n1Cc1n[nH]c(=S)n1-c1ccccc1)S[C@H]1[C@H]3CC[C@H](C3)[C@@H]1[C@H]2c1ccc(Cl)cc1. The van der Waals surface area contributed by atoms with E-state index < -0.39 is 0 Å². The van der Waals surface area contributed by atoms with Crippen LogP contribution in [0.5, 0.6) is 0 Å². The van der Waals surface area contributed by atoms with Gasteiger partial charge in [0.05, 0.1) is 11.6 Å². The number of fused-ring (bicyclic) bond motifs is 6. The highest BCUT2D eigenvalue weighted by Crippen LogP contribution is 2.64. The predicted octanol–water partition coefficient (Wildman–Crippen LogP) is 6.51. The molecule has 1 N–H and O–H groups in total. The third-order valence-corrected chi connectivity index (χ3v) is 11.3. The smallest absolute Gasteiger partial charge is 0.286 e. The molecule has 0 unspecified atom stereocenters. The summed E-state index contributed by atoms with van der Waals surface area (Å²) in [5.41, 5.74) is 2.22. The van der Waals surface area contributed by atoms with E-state index in [4.69, 9.17) is 23.8 Å². The first kappa shape index (κ1) is 22.1. The number of benzene rings is 2. The second-order valence-electron chi connectivity index (χ2n) is 9.76. The summed E-state index contributed by atoms with van der Waals surface area (Å²) in [6, 6.07) is 18.2. The van der Waals surface area contributed by atoms with Crippen molar-refractivity contribution >= 4 is 46.9 Å². The van der Waals surface area contributed by atoms with Crippen LogP contribution in [0.4, 0.5) is 0 Å². The minimum atomic E-state index is 0.0716. The first-order chi connectivity index (χ1) is 17.1. The predicted molar refractivity (Wildman–Crippen MR) is 144 cm³/mol. The van der Waals surface area contributed by atoms with Crippen LogP contribution < -0.4 is 4.87 Å². The second kappa shape index (κ2) is 8.47. The van der Waals surface area contributed by atoms with Gasteiger partial charge in [-0.1, -0.05) is 53.3 Å². The Hall–Kier alpha value is -2.13. The van der Waals surface area contributed by atoms with Crippen LogP contribution in [0, 0.1) is 22.5 Å². The van der Waals surface area contributed by atoms with Gasteiger partial charge < -0.3 is 0 Å². The zero-order valence-electron chi connectivity index (χ0n) is 18.8. The molecule has 5 nitrogen and oxygen atoms in total. The summed E-state index contributed by atoms with van der Waals surface area (Å²) < 4.78 is 4.39. The lowest BCUT2D eigenvalue weighted by Gasteiger charge is -2.40. The monoisotopic (exact) mass is 538 g/mol. The molecule has 0 radical (unpaired) electrons. The summed E-state index contributed by atoms with van der Waals surface area (Å²) in [5.74, 6) is 3.05. The molecule has 7 rings (SSSR count). The van der Waals surface area contributed by atoms with E-state index >= 15 is 0 Å². The number of rotatable bonds is 4. The fourth-order valence-corrected chi connectivity index (χ4v) is 10.1. The fourth-order valence-electron chi connectivity index (χ4n) is 6.55. The van der Waals surface area contributed by atoms with Gasteiger partial charge in [-0.3, -0.25) is 19.0 Å². The lowest BCUT2D eigenvalue weighted by Crippen LogP contribution is -2.34. The molecule has 2 aliphatic carbocycles. The second-order valence-corrected chi connectivity index (χ2v) is 12.7. The first-order valence-electron chi connectivity index (χ1n) is 12.0. The van der Waals surface area contributed by atoms with Crippen LogP contribution in [0.1, 0.15) is 41.4 Å². The molecule has 2 aromatic heterocycles. The molecular weight excluding hydrogens is 516 g/mol. The Morgan fingerprint density at radius 1 is 1.09 bits per heavy atom. The molecule has 5 atom stereocenters. The number of halogens is 1. The number of nitrogens with one attached hydrogen (secondary N) is 1. The zero-order valence-corrected chi connectivity index (χ0v) is 22.0. The lowest BCUT2D eigenvalue weighted by atomic mass is 9.75. The number of aromatic nitrogens is 4. The number of thioether (sulfide) groups is 1. The van der Waals surface area contributed by atoms with E-state index in [0.29, 0.717) is 22.5 Å². The molecule has 0 spiro atoms. The van der Waals surface area contributed by atoms with E-state index in [1.807, 2.05) is 63.4 Å². The largest absolute Gasteiger partial charge is 0.308 e. The van der Waals surface area contributed by atoms with Gasteiger partial charge in [-0.15, -0.1) is 11.8 Å². The van der Waals surface area contributed by atoms with Gasteiger partial charge in [-0.25, -0.2) is 0 Å². The number of hydrogen-bond acceptors (Lipinski definition) is 5. The topological polar surface area (TPSA) is 55.6 Å². The van der Waals surface area contributed by atoms with E-state index in [9.17, 15) is 4.79 Å². The van der Waals surface area contributed by atoms with Crippen LogP contribution in [-0.2, 0) is 6.54 Å². The third kappa shape index (κ3) is 3.52. The Morgan fingerprint density at radius 2 is 1.86 bits per heavy atom. The molecule has 3 aliphatic rings. The highest BCUT2D eigenvalue weighted by atomic mass is 35.5. The standard InChI is InChI=1S/C26H23ClN4OS3/c27-17-10-8-14(9-11-17)20-21-15-6-7-16(12-15)22(21)34-24-23(20)35-26(32)30(24)13-19-28-29-25(33)31(19)18-4-2-1-3-5-18/h1-5,8-11,15-16,20-22H,6-7,12-13H2,(H,29,33)/t15-,16+,20-,21-,22+/m1/s1. The quantitative estimate of drug-likeness (QED) is 0.301. The molecule has 35 heavy (non-hydrogen) atoms. The van der Waals surface area contributed by atoms with Gasteiger partial charge in [0.25, 0.3) is 0 Å². The zero-order chi connectivity index (χ0) is 23.7. The molecule has 3 heterocycles. The van der Waals surface area contributed by atoms with Gasteiger partial charge in [0.15, 0.2) is 10.6 Å². The molecule has 178 valence electrons. The van der Waals surface area contributed by atoms with Gasteiger partial charge >= 0.3 is 4.87 Å². The first-order valence-corrected chi connectivity index (χ1v) is 14.4. The van der Waals surface area contributed by atoms with Crippen LogP contribution in [-0.4, -0.2) is 24.6 Å². The summed E-state index contributed by atoms with van der Waals surface area (Å²) in [5, 5.41) is 9.86. The van der Waals surface area contributed by atoms with E-state index in [0.717, 1.165) is 33.4 Å². The van der Waals surface area contributed by atoms with E-state index in [2.05, 4.69) is 22.3 Å². The summed E-state index contributed by atoms with van der Waals surface area (Å²) >= 11 is 15.1. The van der Waals surface area contributed by atoms with Crippen molar-refractivity contribution in [1.29, 1.82) is 0 Å². The number of thiazole rings is 1. The molecule has 2 bridgehead atoms. The van der Waals surface area contributed by atoms with Crippen LogP contribution in [0.3, 0.4) is 0 Å². The highest BCUT2D eigenvalue weighted by molar-refractivity contribution is 8.00. The van der Waals surface area contributed by atoms with Crippen molar-refractivity contribution in [3.63, 3.8) is 0 Å². The average Bonchev–Trinajstić information content (AvgIpc) is 3.64. The summed E-state index contributed by atoms with van der Waals surface area (Å²) in [4.78, 5) is 14.7. The van der Waals surface area contributed by atoms with Crippen molar-refractivity contribution in [3.8, 4) is 5.69 Å². The number of hydrogen-bond donors (Lipinski definition) is 1. The Labute approximate surface area is 221 Å². The highest BCUT2D eigenvalue weighted by Gasteiger charge is 2.55. The van der Waals surface area contributed by atoms with E-state index in [1.165, 1.54) is 41.0 Å². The van der Waals surface area contributed by atoms with Crippen molar-refractivity contribution in [3.05, 3.63) is 90.3 Å². The maximum Gasteiger partial charge on any atom is 0.308 e. The summed E-state index contributed by atoms with van der Waals surface area (Å²) in [7, 11) is 0. The van der Waals surface area contributed by atoms with Gasteiger partial charge in [0.2, 0.25) is 0 Å². The van der Waals surface area contributed by atoms with E-state index in [1.54, 1.807) is 0 Å². The maximum absolute atomic E-state index is 13.5. The lowest BCUT2D eigenvalue weighted by molar-refractivity contribution is 0.306. The summed E-state index contributed by atoms with van der Waals surface area (Å²) in [6.07, 6.45) is 3.94. The van der Waals surface area contributed by atoms with Crippen molar-refractivity contribution in [2.45, 2.75) is 42.0 Å². The van der Waals surface area contributed by atoms with Gasteiger partial charge in [-0.2, -0.15) is 5.10 Å². The van der Waals surface area contributed by atoms with Crippen molar-refractivity contribution in [1.82, 2.24) is 19.3 Å². The normalized spacial score (nSPS) is 26.6. The minimum Gasteiger partial charge on any atom is -0.286 e.